The van der Waals surface area contributed by atoms with Gasteiger partial charge < -0.3 is 5.32 Å². The van der Waals surface area contributed by atoms with Gasteiger partial charge in [0.25, 0.3) is 0 Å². The Morgan fingerprint density at radius 3 is 3.00 bits per heavy atom. The molecular formula is C9H10ClN5. The second kappa shape index (κ2) is 4.27. The number of nitrogens with zero attached hydrogens (tertiary/aromatic N) is 3. The SMILES string of the molecule is Cc1[nH]ncc1CNc1ncncc1Cl. The van der Waals surface area contributed by atoms with E-state index >= 15 is 0 Å². The van der Waals surface area contributed by atoms with E-state index in [9.17, 15) is 0 Å². The van der Waals surface area contributed by atoms with Gasteiger partial charge in [-0.25, -0.2) is 9.97 Å². The third-order valence-corrected chi connectivity index (χ3v) is 2.32. The molecule has 0 aromatic carbocycles. The molecule has 5 nitrogen and oxygen atoms in total. The molecule has 0 radical (unpaired) electrons. The van der Waals surface area contributed by atoms with E-state index in [1.807, 2.05) is 6.92 Å². The molecule has 78 valence electrons. The fourth-order valence-electron chi connectivity index (χ4n) is 1.18. The summed E-state index contributed by atoms with van der Waals surface area (Å²) in [4.78, 5) is 7.83. The minimum absolute atomic E-state index is 0.513. The van der Waals surface area contributed by atoms with E-state index in [4.69, 9.17) is 11.6 Å². The van der Waals surface area contributed by atoms with E-state index < -0.39 is 0 Å². The molecule has 2 aromatic rings. The number of anilines is 1. The molecule has 2 N–H and O–H groups in total. The van der Waals surface area contributed by atoms with E-state index in [0.717, 1.165) is 11.3 Å². The Kier molecular flexibility index (Phi) is 2.82. The van der Waals surface area contributed by atoms with Crippen LogP contribution in [-0.4, -0.2) is 20.2 Å². The Bertz CT molecular complexity index is 453. The van der Waals surface area contributed by atoms with Gasteiger partial charge in [-0.05, 0) is 6.92 Å². The van der Waals surface area contributed by atoms with Crippen LogP contribution in [0.15, 0.2) is 18.7 Å². The molecule has 6 heteroatoms. The molecular weight excluding hydrogens is 214 g/mol. The lowest BCUT2D eigenvalue weighted by molar-refractivity contribution is 1.03. The summed E-state index contributed by atoms with van der Waals surface area (Å²) in [5, 5.41) is 10.4. The third-order valence-electron chi connectivity index (χ3n) is 2.05. The van der Waals surface area contributed by atoms with Gasteiger partial charge in [0.2, 0.25) is 0 Å². The summed E-state index contributed by atoms with van der Waals surface area (Å²) in [6, 6.07) is 0. The topological polar surface area (TPSA) is 66.5 Å². The Morgan fingerprint density at radius 1 is 1.47 bits per heavy atom. The zero-order valence-electron chi connectivity index (χ0n) is 8.16. The standard InChI is InChI=1S/C9H10ClN5/c1-6-7(3-14-15-6)2-12-9-8(10)4-11-5-13-9/h3-5H,2H2,1H3,(H,14,15)(H,11,12,13). The van der Waals surface area contributed by atoms with E-state index in [2.05, 4.69) is 25.5 Å². The number of aryl methyl sites for hydroxylation is 1. The maximum Gasteiger partial charge on any atom is 0.148 e. The highest BCUT2D eigenvalue weighted by Gasteiger charge is 2.03. The van der Waals surface area contributed by atoms with E-state index in [-0.39, 0.29) is 0 Å². The fraction of sp³-hybridized carbons (Fsp3) is 0.222. The second-order valence-electron chi connectivity index (χ2n) is 3.09. The number of hydrogen-bond acceptors (Lipinski definition) is 4. The molecule has 2 heterocycles. The van der Waals surface area contributed by atoms with E-state index in [0.29, 0.717) is 17.4 Å². The Morgan fingerprint density at radius 2 is 2.33 bits per heavy atom. The number of rotatable bonds is 3. The summed E-state index contributed by atoms with van der Waals surface area (Å²) in [7, 11) is 0. The van der Waals surface area contributed by atoms with Crippen LogP contribution in [0.2, 0.25) is 5.02 Å². The molecule has 0 aliphatic rings. The number of nitrogens with one attached hydrogen (secondary N) is 2. The first-order valence-electron chi connectivity index (χ1n) is 4.45. The predicted octanol–water partition coefficient (Wildman–Crippen LogP) is 1.77. The van der Waals surface area contributed by atoms with Crippen molar-refractivity contribution in [3.8, 4) is 0 Å². The molecule has 0 unspecified atom stereocenters. The van der Waals surface area contributed by atoms with Crippen LogP contribution in [0.1, 0.15) is 11.3 Å². The summed E-state index contributed by atoms with van der Waals surface area (Å²) in [6.45, 7) is 2.60. The van der Waals surface area contributed by atoms with Crippen molar-refractivity contribution in [2.24, 2.45) is 0 Å². The summed E-state index contributed by atoms with van der Waals surface area (Å²) < 4.78 is 0. The van der Waals surface area contributed by atoms with Crippen molar-refractivity contribution in [3.05, 3.63) is 35.0 Å². The highest BCUT2D eigenvalue weighted by Crippen LogP contribution is 2.17. The van der Waals surface area contributed by atoms with Crippen LogP contribution in [0.3, 0.4) is 0 Å². The van der Waals surface area contributed by atoms with E-state index in [1.54, 1.807) is 12.4 Å². The summed E-state index contributed by atoms with van der Waals surface area (Å²) in [5.41, 5.74) is 2.12. The van der Waals surface area contributed by atoms with Crippen molar-refractivity contribution in [3.63, 3.8) is 0 Å². The smallest absolute Gasteiger partial charge is 0.148 e. The molecule has 0 fully saturated rings. The maximum absolute atomic E-state index is 5.89. The number of hydrogen-bond donors (Lipinski definition) is 2. The van der Waals surface area contributed by atoms with Crippen LogP contribution in [0.25, 0.3) is 0 Å². The van der Waals surface area contributed by atoms with Crippen molar-refractivity contribution >= 4 is 17.4 Å². The van der Waals surface area contributed by atoms with Gasteiger partial charge in [-0.3, -0.25) is 5.10 Å². The molecule has 0 atom stereocenters. The van der Waals surface area contributed by atoms with Crippen LogP contribution >= 0.6 is 11.6 Å². The van der Waals surface area contributed by atoms with Crippen molar-refractivity contribution in [1.29, 1.82) is 0 Å². The quantitative estimate of drug-likeness (QED) is 0.833. The van der Waals surface area contributed by atoms with Gasteiger partial charge in [-0.1, -0.05) is 11.6 Å². The molecule has 0 spiro atoms. The largest absolute Gasteiger partial charge is 0.365 e. The van der Waals surface area contributed by atoms with Gasteiger partial charge in [-0.2, -0.15) is 5.10 Å². The lowest BCUT2D eigenvalue weighted by atomic mass is 10.2. The lowest BCUT2D eigenvalue weighted by Crippen LogP contribution is -2.02. The molecule has 0 saturated heterocycles. The predicted molar refractivity (Wildman–Crippen MR) is 57.7 cm³/mol. The number of aromatic amines is 1. The third kappa shape index (κ3) is 2.24. The number of H-pyrrole nitrogens is 1. The van der Waals surface area contributed by atoms with Crippen molar-refractivity contribution in [2.75, 3.05) is 5.32 Å². The molecule has 2 aromatic heterocycles. The number of aromatic nitrogens is 4. The minimum atomic E-state index is 0.513. The molecule has 0 aliphatic carbocycles. The lowest BCUT2D eigenvalue weighted by Gasteiger charge is -2.05. The van der Waals surface area contributed by atoms with Crippen LogP contribution in [0.5, 0.6) is 0 Å². The average molecular weight is 224 g/mol. The highest BCUT2D eigenvalue weighted by atomic mass is 35.5. The van der Waals surface area contributed by atoms with Gasteiger partial charge in [0.15, 0.2) is 0 Å². The summed E-state index contributed by atoms with van der Waals surface area (Å²) in [5.74, 6) is 0.632. The first-order chi connectivity index (χ1) is 7.27. The average Bonchev–Trinajstić information content (AvgIpc) is 2.63. The second-order valence-corrected chi connectivity index (χ2v) is 3.50. The van der Waals surface area contributed by atoms with Crippen LogP contribution in [0, 0.1) is 6.92 Å². The Labute approximate surface area is 91.9 Å². The van der Waals surface area contributed by atoms with Gasteiger partial charge in [-0.15, -0.1) is 0 Å². The van der Waals surface area contributed by atoms with E-state index in [1.165, 1.54) is 6.33 Å². The van der Waals surface area contributed by atoms with Gasteiger partial charge in [0, 0.05) is 17.8 Å². The summed E-state index contributed by atoms with van der Waals surface area (Å²) >= 11 is 5.89. The van der Waals surface area contributed by atoms with Crippen molar-refractivity contribution < 1.29 is 0 Å². The van der Waals surface area contributed by atoms with Crippen molar-refractivity contribution in [2.45, 2.75) is 13.5 Å². The summed E-state index contributed by atoms with van der Waals surface area (Å²) in [6.07, 6.45) is 4.78. The van der Waals surface area contributed by atoms with Gasteiger partial charge in [0.1, 0.15) is 17.2 Å². The van der Waals surface area contributed by atoms with Crippen molar-refractivity contribution in [1.82, 2.24) is 20.2 Å². The van der Waals surface area contributed by atoms with Gasteiger partial charge >= 0.3 is 0 Å². The molecule has 0 bridgehead atoms. The first kappa shape index (κ1) is 9.92. The Hall–Kier alpha value is -1.62. The van der Waals surface area contributed by atoms with Crippen LogP contribution in [0.4, 0.5) is 5.82 Å². The molecule has 0 saturated carbocycles. The minimum Gasteiger partial charge on any atom is -0.365 e. The zero-order chi connectivity index (χ0) is 10.7. The van der Waals surface area contributed by atoms with Crippen LogP contribution < -0.4 is 5.32 Å². The molecule has 15 heavy (non-hydrogen) atoms. The molecule has 0 amide bonds. The fourth-order valence-corrected chi connectivity index (χ4v) is 1.35. The molecule has 0 aliphatic heterocycles. The molecule has 2 rings (SSSR count). The maximum atomic E-state index is 5.89. The zero-order valence-corrected chi connectivity index (χ0v) is 8.91. The Balaban J connectivity index is 2.06. The van der Waals surface area contributed by atoms with Gasteiger partial charge in [0.05, 0.1) is 12.4 Å². The monoisotopic (exact) mass is 223 g/mol. The van der Waals surface area contributed by atoms with Crippen LogP contribution in [-0.2, 0) is 6.54 Å². The first-order valence-corrected chi connectivity index (χ1v) is 4.83. The normalized spacial score (nSPS) is 10.3. The number of halogens is 1. The highest BCUT2D eigenvalue weighted by molar-refractivity contribution is 6.32.